The van der Waals surface area contributed by atoms with Crippen LogP contribution in [0.1, 0.15) is 98.7 Å². The summed E-state index contributed by atoms with van der Waals surface area (Å²) in [5, 5.41) is 29.7. The van der Waals surface area contributed by atoms with E-state index in [4.69, 9.17) is 41.0 Å². The summed E-state index contributed by atoms with van der Waals surface area (Å²) in [6, 6.07) is 17.0. The number of rotatable bonds is 19. The molecule has 8 aromatic rings. The van der Waals surface area contributed by atoms with E-state index in [1.54, 1.807) is 62.1 Å². The smallest absolute Gasteiger partial charge is 0.261 e. The van der Waals surface area contributed by atoms with E-state index in [9.17, 15) is 38.9 Å². The van der Waals surface area contributed by atoms with Crippen molar-refractivity contribution in [1.82, 2.24) is 24.7 Å². The number of nitrogens with one attached hydrogen (secondary N) is 1. The average molecular weight is 1570 g/mol. The maximum atomic E-state index is 14.0. The number of pyridine rings is 1. The average Bonchev–Trinajstić information content (AvgIpc) is 4.31. The van der Waals surface area contributed by atoms with Gasteiger partial charge in [0.2, 0.25) is 5.13 Å². The van der Waals surface area contributed by atoms with Crippen LogP contribution in [0.25, 0.3) is 25.6 Å². The second kappa shape index (κ2) is 24.2. The Morgan fingerprint density at radius 2 is 1.25 bits per heavy atom. The lowest BCUT2D eigenvalue weighted by molar-refractivity contribution is 0.559. The highest BCUT2D eigenvalue weighted by atomic mass is 127. The molecule has 0 radical (unpaired) electrons. The van der Waals surface area contributed by atoms with Crippen molar-refractivity contribution >= 4 is 200 Å². The summed E-state index contributed by atoms with van der Waals surface area (Å²) in [7, 11) is -9.09. The first-order valence-electron chi connectivity index (χ1n) is 25.0. The standard InChI is InChI=1S/C53H54ClI3N10O8S6/c1-11-31-19-29(6)46(80(72,73)27-57)35(13-3)44(31)62-49-43(63-64-50-37(24-58)48(53(8,9)10)65-67(50)52-60-39-18-16-34(23-41(39)77-52)79(70,71)26-56)28(5)21-42(61-49)66(45-32(12-2)20-30(7)47(36(45)14-4)81(54,74)75)51-59-38-17-15-33(22-40(38)76-51)78(68,69)25-55/h15-23H,11-14,25-27H2,1-10H3,(H,61,62)/b64-63+. The highest BCUT2D eigenvalue weighted by Gasteiger charge is 2.33. The van der Waals surface area contributed by atoms with Gasteiger partial charge in [-0.1, -0.05) is 151 Å². The highest BCUT2D eigenvalue weighted by Crippen LogP contribution is 2.49. The predicted molar refractivity (Wildman–Crippen MR) is 349 cm³/mol. The number of sulfone groups is 3. The molecule has 18 nitrogen and oxygen atoms in total. The van der Waals surface area contributed by atoms with Crippen molar-refractivity contribution in [2.24, 2.45) is 10.2 Å². The van der Waals surface area contributed by atoms with E-state index in [-0.39, 0.29) is 77.5 Å². The minimum atomic E-state index is -4.37. The summed E-state index contributed by atoms with van der Waals surface area (Å²) in [5.74, 6) is 0.304. The van der Waals surface area contributed by atoms with E-state index in [1.165, 1.54) is 28.2 Å². The maximum Gasteiger partial charge on any atom is 0.261 e. The number of halogens is 4. The van der Waals surface area contributed by atoms with Crippen LogP contribution in [0, 0.1) is 32.1 Å². The molecule has 428 valence electrons. The van der Waals surface area contributed by atoms with Gasteiger partial charge in [-0.25, -0.2) is 48.6 Å². The molecule has 0 bridgehead atoms. The molecule has 0 aliphatic heterocycles. The van der Waals surface area contributed by atoms with Crippen LogP contribution >= 0.6 is 101 Å². The van der Waals surface area contributed by atoms with E-state index in [0.717, 1.165) is 22.5 Å². The molecule has 0 spiro atoms. The number of aromatic nitrogens is 5. The van der Waals surface area contributed by atoms with Crippen LogP contribution in [0.2, 0.25) is 0 Å². The topological polar surface area (TPSA) is 257 Å². The first-order chi connectivity index (χ1) is 38.0. The van der Waals surface area contributed by atoms with Crippen LogP contribution in [-0.2, 0) is 69.7 Å². The molecule has 0 saturated heterocycles. The SMILES string of the molecule is CCc1cc(C)c(S(=O)(=O)CI)c(CC)c1Nc1nc(N(c2nc3ccc(S(=O)(=O)CI)cc3s2)c2c(CC)cc(C)c(S(=O)(=O)Cl)c2CC)cc(C)c1/N=N/c1c(C#N)c(C(C)(C)C)nn1-c1nc2ccc(S(=O)(=O)CI)cc2s1. The fourth-order valence-electron chi connectivity index (χ4n) is 9.60. The van der Waals surface area contributed by atoms with E-state index < -0.39 is 44.0 Å². The van der Waals surface area contributed by atoms with Crippen LogP contribution in [0.4, 0.5) is 39.6 Å². The van der Waals surface area contributed by atoms with Gasteiger partial charge >= 0.3 is 0 Å². The first kappa shape index (κ1) is 63.0. The van der Waals surface area contributed by atoms with Gasteiger partial charge in [0.25, 0.3) is 9.05 Å². The molecule has 1 N–H and O–H groups in total. The molecule has 0 saturated carbocycles. The van der Waals surface area contributed by atoms with Gasteiger partial charge in [-0.2, -0.15) is 15.0 Å². The van der Waals surface area contributed by atoms with Gasteiger partial charge in [0.1, 0.15) is 34.4 Å². The highest BCUT2D eigenvalue weighted by molar-refractivity contribution is 14.1. The van der Waals surface area contributed by atoms with Gasteiger partial charge in [0.15, 0.2) is 46.3 Å². The van der Waals surface area contributed by atoms with E-state index in [0.29, 0.717) is 83.3 Å². The van der Waals surface area contributed by atoms with Crippen LogP contribution in [0.5, 0.6) is 0 Å². The van der Waals surface area contributed by atoms with Crippen molar-refractivity contribution in [3.05, 3.63) is 105 Å². The zero-order chi connectivity index (χ0) is 59.5. The number of benzene rings is 4. The Morgan fingerprint density at radius 1 is 0.691 bits per heavy atom. The van der Waals surface area contributed by atoms with Gasteiger partial charge < -0.3 is 5.32 Å². The van der Waals surface area contributed by atoms with Gasteiger partial charge in [-0.3, -0.25) is 4.90 Å². The molecule has 8 rings (SSSR count). The zero-order valence-corrected chi connectivity index (χ0v) is 57.5. The van der Waals surface area contributed by atoms with E-state index in [1.807, 2.05) is 122 Å². The molecule has 0 unspecified atom stereocenters. The van der Waals surface area contributed by atoms with Crippen LogP contribution in [0.15, 0.2) is 84.4 Å². The number of thiazole rings is 2. The van der Waals surface area contributed by atoms with Crippen molar-refractivity contribution < 1.29 is 33.7 Å². The minimum absolute atomic E-state index is 0.0139. The van der Waals surface area contributed by atoms with Crippen molar-refractivity contribution in [2.45, 2.75) is 120 Å². The van der Waals surface area contributed by atoms with Gasteiger partial charge in [0, 0.05) is 21.8 Å². The summed E-state index contributed by atoms with van der Waals surface area (Å²) in [4.78, 5) is 17.3. The number of alkyl halides is 3. The van der Waals surface area contributed by atoms with Crippen molar-refractivity contribution in [2.75, 3.05) is 21.5 Å². The van der Waals surface area contributed by atoms with Gasteiger partial charge in [-0.05, 0) is 128 Å². The molecule has 28 heteroatoms. The predicted octanol–water partition coefficient (Wildman–Crippen LogP) is 14.9. The Labute approximate surface area is 525 Å². The fourth-order valence-corrected chi connectivity index (χ4v) is 19.1. The Hall–Kier alpha value is -4.01. The maximum absolute atomic E-state index is 14.0. The zero-order valence-electron chi connectivity index (χ0n) is 45.4. The van der Waals surface area contributed by atoms with Crippen LogP contribution in [0.3, 0.4) is 0 Å². The van der Waals surface area contributed by atoms with Crippen LogP contribution < -0.4 is 10.2 Å². The molecular formula is C53H54ClI3N10O8S6. The molecule has 81 heavy (non-hydrogen) atoms. The largest absolute Gasteiger partial charge is 0.338 e. The quantitative estimate of drug-likeness (QED) is 0.0342. The lowest BCUT2D eigenvalue weighted by Crippen LogP contribution is -2.19. The summed E-state index contributed by atoms with van der Waals surface area (Å²) >= 11 is 7.81. The third-order valence-electron chi connectivity index (χ3n) is 13.3. The number of anilines is 5. The molecule has 4 aromatic heterocycles. The molecule has 4 heterocycles. The molecule has 0 atom stereocenters. The molecule has 0 fully saturated rings. The van der Waals surface area contributed by atoms with Gasteiger partial charge in [-0.15, -0.1) is 10.2 Å². The summed E-state index contributed by atoms with van der Waals surface area (Å²) in [6.45, 7) is 18.5. The summed E-state index contributed by atoms with van der Waals surface area (Å²) < 4.78 is 110. The number of nitriles is 1. The number of hydrogen-bond acceptors (Lipinski definition) is 19. The lowest BCUT2D eigenvalue weighted by Gasteiger charge is -2.29. The minimum Gasteiger partial charge on any atom is -0.338 e. The molecule has 0 aliphatic carbocycles. The first-order valence-corrected chi connectivity index (χ1v) is 38.5. The van der Waals surface area contributed by atoms with Crippen molar-refractivity contribution in [3.63, 3.8) is 0 Å². The fraction of sp³-hybridized carbons (Fsp3) is 0.340. The van der Waals surface area contributed by atoms with Crippen molar-refractivity contribution in [1.29, 1.82) is 5.26 Å². The Bertz CT molecular complexity index is 4420. The molecule has 0 amide bonds. The molecule has 0 aliphatic rings. The second-order valence-corrected chi connectivity index (χ2v) is 35.6. The van der Waals surface area contributed by atoms with E-state index >= 15 is 0 Å². The number of hydrogen-bond donors (Lipinski definition) is 1. The second-order valence-electron chi connectivity index (χ2n) is 19.8. The lowest BCUT2D eigenvalue weighted by atomic mass is 9.90. The Balaban J connectivity index is 1.48. The van der Waals surface area contributed by atoms with E-state index in [2.05, 4.69) is 11.4 Å². The van der Waals surface area contributed by atoms with Gasteiger partial charge in [0.05, 0.1) is 51.4 Å². The summed E-state index contributed by atoms with van der Waals surface area (Å²) in [6.07, 6.45) is 1.36. The van der Waals surface area contributed by atoms with Crippen LogP contribution in [-0.4, -0.2) is 69.7 Å². The molecule has 4 aromatic carbocycles. The molecular weight excluding hydrogens is 1510 g/mol. The van der Waals surface area contributed by atoms with Crippen molar-refractivity contribution in [3.8, 4) is 11.2 Å². The summed E-state index contributed by atoms with van der Waals surface area (Å²) in [5.41, 5.74) is 5.65. The number of fused-ring (bicyclic) bond motifs is 2. The monoisotopic (exact) mass is 1570 g/mol. The Kier molecular flexibility index (Phi) is 18.8. The number of aryl methyl sites for hydroxylation is 5. The third-order valence-corrected chi connectivity index (χ3v) is 28.2. The third kappa shape index (κ3) is 12.3. The number of azo groups is 1. The Morgan fingerprint density at radius 3 is 1.78 bits per heavy atom. The normalized spacial score (nSPS) is 12.8. The number of nitrogens with zero attached hydrogens (tertiary/aromatic N) is 9.